The highest BCUT2D eigenvalue weighted by molar-refractivity contribution is 6.08. The zero-order chi connectivity index (χ0) is 18.6. The van der Waals surface area contributed by atoms with E-state index in [0.29, 0.717) is 12.1 Å². The van der Waals surface area contributed by atoms with Crippen LogP contribution in [0, 0.1) is 5.95 Å². The molecule has 0 aliphatic heterocycles. The Balaban J connectivity index is 2.19. The minimum absolute atomic E-state index is 0.397. The van der Waals surface area contributed by atoms with Crippen molar-refractivity contribution in [3.05, 3.63) is 53.0 Å². The van der Waals surface area contributed by atoms with Crippen LogP contribution in [0.1, 0.15) is 27.9 Å². The smallest absolute Gasteiger partial charge is 0.376 e. The second-order valence-corrected chi connectivity index (χ2v) is 5.08. The largest absolute Gasteiger partial charge is 0.438 e. The number of benzene rings is 1. The van der Waals surface area contributed by atoms with E-state index in [0.717, 1.165) is 18.2 Å². The lowest BCUT2D eigenvalue weighted by atomic mass is 10.0. The fourth-order valence-electron chi connectivity index (χ4n) is 2.44. The van der Waals surface area contributed by atoms with Crippen molar-refractivity contribution in [2.24, 2.45) is 0 Å². The number of rotatable bonds is 3. The average molecular weight is 365 g/mol. The topological polar surface area (TPSA) is 39.2 Å². The monoisotopic (exact) mass is 365 g/mol. The van der Waals surface area contributed by atoms with Gasteiger partial charge in [-0.05, 0) is 18.2 Å². The quantitative estimate of drug-likeness (QED) is 0.575. The van der Waals surface area contributed by atoms with Crippen LogP contribution in [0.2, 0.25) is 0 Å². The van der Waals surface area contributed by atoms with Crippen molar-refractivity contribution in [2.75, 3.05) is 0 Å². The number of Topliss-reactive ketones (excluding diaryl/α,β-unsaturated/α-hetero) is 1. The molecule has 0 saturated carbocycles. The predicted molar refractivity (Wildman–Crippen MR) is 68.8 cm³/mol. The first kappa shape index (κ1) is 17.2. The van der Waals surface area contributed by atoms with Gasteiger partial charge >= 0.3 is 11.8 Å². The summed E-state index contributed by atoms with van der Waals surface area (Å²) in [6.45, 7) is 0. The van der Waals surface area contributed by atoms with E-state index in [1.165, 1.54) is 0 Å². The Morgan fingerprint density at radius 2 is 1.68 bits per heavy atom. The minimum atomic E-state index is -5.16. The summed E-state index contributed by atoms with van der Waals surface area (Å²) in [5, 5.41) is 0. The lowest BCUT2D eigenvalue weighted by molar-refractivity contribution is -0.176. The molecule has 10 heteroatoms. The van der Waals surface area contributed by atoms with Gasteiger partial charge in [0.05, 0.1) is 5.56 Å². The number of nitrogens with zero attached hydrogens (tertiary/aromatic N) is 1. The number of ketones is 1. The Bertz CT molecular complexity index is 867. The molecule has 0 unspecified atom stereocenters. The number of ether oxygens (including phenoxy) is 1. The summed E-state index contributed by atoms with van der Waals surface area (Å²) in [7, 11) is 0. The van der Waals surface area contributed by atoms with Gasteiger partial charge in [-0.3, -0.25) is 4.79 Å². The first-order valence-electron chi connectivity index (χ1n) is 6.63. The molecule has 0 fully saturated rings. The molecule has 25 heavy (non-hydrogen) atoms. The van der Waals surface area contributed by atoms with Crippen LogP contribution in [0.5, 0.6) is 11.6 Å². The second-order valence-electron chi connectivity index (χ2n) is 5.08. The van der Waals surface area contributed by atoms with Gasteiger partial charge in [0.2, 0.25) is 17.6 Å². The van der Waals surface area contributed by atoms with Crippen molar-refractivity contribution < 1.29 is 40.3 Å². The van der Waals surface area contributed by atoms with Crippen molar-refractivity contribution >= 4 is 5.78 Å². The molecule has 2 aromatic rings. The number of fused-ring (bicyclic) bond motifs is 1. The number of hydrogen-bond acceptors (Lipinski definition) is 3. The fourth-order valence-corrected chi connectivity index (χ4v) is 2.44. The van der Waals surface area contributed by atoms with Crippen LogP contribution in [0.15, 0.2) is 30.3 Å². The molecule has 0 spiro atoms. The Labute approximate surface area is 135 Å². The van der Waals surface area contributed by atoms with Gasteiger partial charge in [0.1, 0.15) is 5.75 Å². The van der Waals surface area contributed by atoms with Gasteiger partial charge in [0, 0.05) is 17.2 Å². The lowest BCUT2D eigenvalue weighted by Crippen LogP contribution is -2.38. The maximum absolute atomic E-state index is 13.7. The molecule has 0 amide bonds. The van der Waals surface area contributed by atoms with E-state index in [1.807, 2.05) is 0 Å². The predicted octanol–water partition coefficient (Wildman–Crippen LogP) is 4.87. The molecule has 0 atom stereocenters. The maximum atomic E-state index is 13.7. The van der Waals surface area contributed by atoms with E-state index < -0.39 is 58.3 Å². The van der Waals surface area contributed by atoms with Gasteiger partial charge in [-0.25, -0.2) is 8.78 Å². The van der Waals surface area contributed by atoms with E-state index in [-0.39, 0.29) is 0 Å². The summed E-state index contributed by atoms with van der Waals surface area (Å²) in [6, 6.07) is 4.09. The molecular weight excluding hydrogens is 359 g/mol. The fraction of sp³-hybridized carbons (Fsp3) is 0.200. The number of carbonyl (C=O) groups excluding carboxylic acids is 1. The number of carbonyl (C=O) groups is 1. The summed E-state index contributed by atoms with van der Waals surface area (Å²) in [6.07, 6.45) is -3.58. The molecule has 0 saturated heterocycles. The SMILES string of the molecule is O=C1c2c(ccc(Oc3cccc(F)n3)c2C(F)F)C(F)(F)C1(F)F. The van der Waals surface area contributed by atoms with E-state index >= 15 is 0 Å². The zero-order valence-electron chi connectivity index (χ0n) is 11.9. The van der Waals surface area contributed by atoms with Gasteiger partial charge in [-0.2, -0.15) is 26.9 Å². The zero-order valence-corrected chi connectivity index (χ0v) is 11.9. The Hall–Kier alpha value is -2.65. The van der Waals surface area contributed by atoms with Crippen molar-refractivity contribution in [3.63, 3.8) is 0 Å². The van der Waals surface area contributed by atoms with Crippen LogP contribution in [0.4, 0.5) is 30.7 Å². The van der Waals surface area contributed by atoms with Crippen LogP contribution >= 0.6 is 0 Å². The Morgan fingerprint density at radius 1 is 1.00 bits per heavy atom. The molecule has 1 aliphatic carbocycles. The van der Waals surface area contributed by atoms with Gasteiger partial charge in [0.15, 0.2) is 0 Å². The average Bonchev–Trinajstić information content (AvgIpc) is 2.65. The highest BCUT2D eigenvalue weighted by Gasteiger charge is 2.70. The minimum Gasteiger partial charge on any atom is -0.438 e. The highest BCUT2D eigenvalue weighted by Crippen LogP contribution is 2.55. The third kappa shape index (κ3) is 2.43. The van der Waals surface area contributed by atoms with Gasteiger partial charge in [0.25, 0.3) is 6.43 Å². The molecule has 3 rings (SSSR count). The third-order valence-electron chi connectivity index (χ3n) is 3.57. The summed E-state index contributed by atoms with van der Waals surface area (Å²) >= 11 is 0. The molecule has 0 radical (unpaired) electrons. The van der Waals surface area contributed by atoms with Crippen LogP contribution in [-0.4, -0.2) is 16.7 Å². The van der Waals surface area contributed by atoms with E-state index in [1.54, 1.807) is 0 Å². The number of halogens is 7. The molecule has 1 aliphatic rings. The van der Waals surface area contributed by atoms with E-state index in [4.69, 9.17) is 4.74 Å². The first-order valence-corrected chi connectivity index (χ1v) is 6.63. The third-order valence-corrected chi connectivity index (χ3v) is 3.57. The molecular formula is C15H6F7NO2. The summed E-state index contributed by atoms with van der Waals surface area (Å²) < 4.78 is 99.0. The van der Waals surface area contributed by atoms with Crippen LogP contribution in [0.3, 0.4) is 0 Å². The van der Waals surface area contributed by atoms with E-state index in [9.17, 15) is 35.5 Å². The molecule has 1 aromatic heterocycles. The van der Waals surface area contributed by atoms with E-state index in [2.05, 4.69) is 4.98 Å². The summed E-state index contributed by atoms with van der Waals surface area (Å²) in [4.78, 5) is 14.8. The van der Waals surface area contributed by atoms with Crippen molar-refractivity contribution in [1.29, 1.82) is 0 Å². The standard InChI is InChI=1S/C15H6F7NO2/c16-8-2-1-3-9(23-8)25-7-5-4-6-10(11(7)13(17)18)12(24)15(21,22)14(6,19)20/h1-5,13H. The number of pyridine rings is 1. The van der Waals surface area contributed by atoms with Crippen molar-refractivity contribution in [3.8, 4) is 11.6 Å². The number of aromatic nitrogens is 1. The van der Waals surface area contributed by atoms with Gasteiger partial charge in [-0.1, -0.05) is 6.07 Å². The van der Waals surface area contributed by atoms with Gasteiger partial charge in [-0.15, -0.1) is 0 Å². The molecule has 1 heterocycles. The summed E-state index contributed by atoms with van der Waals surface area (Å²) in [5.41, 5.74) is -4.44. The van der Waals surface area contributed by atoms with Crippen LogP contribution in [-0.2, 0) is 5.92 Å². The van der Waals surface area contributed by atoms with Crippen LogP contribution < -0.4 is 4.74 Å². The second kappa shape index (κ2) is 5.43. The number of alkyl halides is 6. The molecule has 1 aromatic carbocycles. The first-order chi connectivity index (χ1) is 11.6. The number of hydrogen-bond donors (Lipinski definition) is 0. The normalized spacial score (nSPS) is 17.7. The Morgan fingerprint density at radius 3 is 2.28 bits per heavy atom. The molecule has 132 valence electrons. The molecule has 3 nitrogen and oxygen atoms in total. The van der Waals surface area contributed by atoms with Crippen LogP contribution in [0.25, 0.3) is 0 Å². The summed E-state index contributed by atoms with van der Waals surface area (Å²) in [5.74, 6) is -14.9. The molecule has 0 bridgehead atoms. The molecule has 0 N–H and O–H groups in total. The highest BCUT2D eigenvalue weighted by atomic mass is 19.3. The van der Waals surface area contributed by atoms with Crippen molar-refractivity contribution in [2.45, 2.75) is 18.3 Å². The maximum Gasteiger partial charge on any atom is 0.376 e. The van der Waals surface area contributed by atoms with Gasteiger partial charge < -0.3 is 4.74 Å². The Kier molecular flexibility index (Phi) is 3.73. The lowest BCUT2D eigenvalue weighted by Gasteiger charge is -2.17. The van der Waals surface area contributed by atoms with Crippen molar-refractivity contribution in [1.82, 2.24) is 4.98 Å².